The number of methoxy groups -OCH3 is 1. The number of aromatic nitrogens is 1. The van der Waals surface area contributed by atoms with Crippen molar-refractivity contribution in [2.24, 2.45) is 0 Å². The highest BCUT2D eigenvalue weighted by Gasteiger charge is 2.18. The number of nitrogens with one attached hydrogen (secondary N) is 1. The summed E-state index contributed by atoms with van der Waals surface area (Å²) in [5.41, 5.74) is 4.96. The lowest BCUT2D eigenvalue weighted by atomic mass is 10.1. The number of hydrogen-bond acceptors (Lipinski definition) is 3. The molecule has 5 heteroatoms. The van der Waals surface area contributed by atoms with Crippen LogP contribution in [0.1, 0.15) is 34.2 Å². The Bertz CT molecular complexity index is 880. The predicted molar refractivity (Wildman–Crippen MR) is 107 cm³/mol. The monoisotopic (exact) mass is 368 g/mol. The van der Waals surface area contributed by atoms with Crippen LogP contribution in [-0.2, 0) is 6.42 Å². The van der Waals surface area contributed by atoms with Gasteiger partial charge in [-0.1, -0.05) is 0 Å². The van der Waals surface area contributed by atoms with E-state index in [9.17, 15) is 4.79 Å². The lowest BCUT2D eigenvalue weighted by Gasteiger charge is -2.14. The molecule has 2 aromatic heterocycles. The molecule has 3 rings (SSSR count). The molecule has 0 aliphatic heterocycles. The molecule has 0 radical (unpaired) electrons. The first-order valence-electron chi connectivity index (χ1n) is 8.65. The van der Waals surface area contributed by atoms with Crippen LogP contribution in [0.5, 0.6) is 5.75 Å². The fraction of sp³-hybridized carbons (Fsp3) is 0.286. The average molecular weight is 369 g/mol. The summed E-state index contributed by atoms with van der Waals surface area (Å²) in [4.78, 5) is 12.8. The molecule has 1 aromatic carbocycles. The second kappa shape index (κ2) is 7.79. The van der Waals surface area contributed by atoms with Crippen LogP contribution < -0.4 is 10.1 Å². The zero-order valence-electron chi connectivity index (χ0n) is 15.6. The fourth-order valence-corrected chi connectivity index (χ4v) is 3.92. The SMILES string of the molecule is COc1ccc(-n2c(C)cc(C(=O)NC(C)Cc3ccsc3)c2C)cc1. The zero-order valence-corrected chi connectivity index (χ0v) is 16.4. The van der Waals surface area contributed by atoms with Crippen molar-refractivity contribution in [3.05, 3.63) is 69.7 Å². The third-order valence-electron chi connectivity index (χ3n) is 4.51. The van der Waals surface area contributed by atoms with Gasteiger partial charge in [-0.25, -0.2) is 0 Å². The van der Waals surface area contributed by atoms with Crippen LogP contribution in [0.2, 0.25) is 0 Å². The van der Waals surface area contributed by atoms with Gasteiger partial charge < -0.3 is 14.6 Å². The molecule has 1 amide bonds. The lowest BCUT2D eigenvalue weighted by Crippen LogP contribution is -2.34. The molecule has 1 N–H and O–H groups in total. The average Bonchev–Trinajstić information content (AvgIpc) is 3.22. The van der Waals surface area contributed by atoms with Crippen molar-refractivity contribution in [2.45, 2.75) is 33.2 Å². The molecule has 3 aromatic rings. The number of carbonyl (C=O) groups is 1. The van der Waals surface area contributed by atoms with E-state index < -0.39 is 0 Å². The van der Waals surface area contributed by atoms with Crippen LogP contribution >= 0.6 is 11.3 Å². The van der Waals surface area contributed by atoms with Crippen LogP contribution in [0.15, 0.2) is 47.2 Å². The summed E-state index contributed by atoms with van der Waals surface area (Å²) in [6, 6.07) is 12.0. The molecule has 0 saturated heterocycles. The molecule has 0 aliphatic rings. The highest BCUT2D eigenvalue weighted by atomic mass is 32.1. The van der Waals surface area contributed by atoms with Gasteiger partial charge in [-0.2, -0.15) is 11.3 Å². The molecule has 4 nitrogen and oxygen atoms in total. The first-order chi connectivity index (χ1) is 12.5. The van der Waals surface area contributed by atoms with Gasteiger partial charge >= 0.3 is 0 Å². The van der Waals surface area contributed by atoms with E-state index in [1.807, 2.05) is 51.1 Å². The van der Waals surface area contributed by atoms with E-state index >= 15 is 0 Å². The van der Waals surface area contributed by atoms with Crippen molar-refractivity contribution in [3.8, 4) is 11.4 Å². The van der Waals surface area contributed by atoms with Gasteiger partial charge in [-0.15, -0.1) is 0 Å². The van der Waals surface area contributed by atoms with Gasteiger partial charge in [0, 0.05) is 23.1 Å². The number of rotatable bonds is 6. The molecule has 2 heterocycles. The van der Waals surface area contributed by atoms with Crippen LogP contribution in [-0.4, -0.2) is 23.6 Å². The molecule has 0 bridgehead atoms. The van der Waals surface area contributed by atoms with Crippen molar-refractivity contribution in [2.75, 3.05) is 7.11 Å². The molecule has 0 saturated carbocycles. The Morgan fingerprint density at radius 1 is 1.23 bits per heavy atom. The second-order valence-corrected chi connectivity index (χ2v) is 7.31. The number of hydrogen-bond donors (Lipinski definition) is 1. The molecule has 1 unspecified atom stereocenters. The Kier molecular flexibility index (Phi) is 5.47. The number of nitrogens with zero attached hydrogens (tertiary/aromatic N) is 1. The summed E-state index contributed by atoms with van der Waals surface area (Å²) < 4.78 is 7.32. The predicted octanol–water partition coefficient (Wildman–Crippen LogP) is 4.53. The third kappa shape index (κ3) is 3.83. The summed E-state index contributed by atoms with van der Waals surface area (Å²) >= 11 is 1.68. The molecular formula is C21H24N2O2S. The smallest absolute Gasteiger partial charge is 0.253 e. The Balaban J connectivity index is 1.78. The molecule has 1 atom stereocenters. The fourth-order valence-electron chi connectivity index (χ4n) is 3.24. The van der Waals surface area contributed by atoms with Gasteiger partial charge in [0.1, 0.15) is 5.75 Å². The quantitative estimate of drug-likeness (QED) is 0.695. The lowest BCUT2D eigenvalue weighted by molar-refractivity contribution is 0.0939. The van der Waals surface area contributed by atoms with Crippen LogP contribution in [0.25, 0.3) is 5.69 Å². The van der Waals surface area contributed by atoms with Crippen molar-refractivity contribution < 1.29 is 9.53 Å². The third-order valence-corrected chi connectivity index (χ3v) is 5.24. The van der Waals surface area contributed by atoms with Crippen LogP contribution in [0.3, 0.4) is 0 Å². The highest BCUT2D eigenvalue weighted by molar-refractivity contribution is 7.07. The minimum atomic E-state index is -0.0272. The van der Waals surface area contributed by atoms with Gasteiger partial charge in [0.2, 0.25) is 0 Å². The van der Waals surface area contributed by atoms with E-state index in [2.05, 4.69) is 26.7 Å². The molecule has 136 valence electrons. The minimum Gasteiger partial charge on any atom is -0.497 e. The maximum absolute atomic E-state index is 12.8. The Morgan fingerprint density at radius 3 is 2.58 bits per heavy atom. The topological polar surface area (TPSA) is 43.3 Å². The number of aryl methyl sites for hydroxylation is 1. The van der Waals surface area contributed by atoms with Gasteiger partial charge in [0.05, 0.1) is 12.7 Å². The van der Waals surface area contributed by atoms with Crippen molar-refractivity contribution in [1.29, 1.82) is 0 Å². The number of thiophene rings is 1. The van der Waals surface area contributed by atoms with E-state index in [4.69, 9.17) is 4.74 Å². The van der Waals surface area contributed by atoms with Crippen molar-refractivity contribution >= 4 is 17.2 Å². The molecule has 0 fully saturated rings. The van der Waals surface area contributed by atoms with E-state index in [-0.39, 0.29) is 11.9 Å². The Labute approximate surface area is 158 Å². The van der Waals surface area contributed by atoms with Gasteiger partial charge in [0.25, 0.3) is 5.91 Å². The maximum Gasteiger partial charge on any atom is 0.253 e. The summed E-state index contributed by atoms with van der Waals surface area (Å²) in [6.45, 7) is 6.04. The number of ether oxygens (including phenoxy) is 1. The molecule has 0 aliphatic carbocycles. The summed E-state index contributed by atoms with van der Waals surface area (Å²) in [5, 5.41) is 7.30. The van der Waals surface area contributed by atoms with Gasteiger partial charge in [0.15, 0.2) is 0 Å². The number of carbonyl (C=O) groups excluding carboxylic acids is 1. The molecule has 26 heavy (non-hydrogen) atoms. The second-order valence-electron chi connectivity index (χ2n) is 6.53. The first kappa shape index (κ1) is 18.3. The Morgan fingerprint density at radius 2 is 1.96 bits per heavy atom. The largest absolute Gasteiger partial charge is 0.497 e. The summed E-state index contributed by atoms with van der Waals surface area (Å²) in [5.74, 6) is 0.789. The highest BCUT2D eigenvalue weighted by Crippen LogP contribution is 2.23. The summed E-state index contributed by atoms with van der Waals surface area (Å²) in [6.07, 6.45) is 0.840. The van der Waals surface area contributed by atoms with Gasteiger partial charge in [-0.05, 0) is 79.9 Å². The van der Waals surface area contributed by atoms with Gasteiger partial charge in [-0.3, -0.25) is 4.79 Å². The van der Waals surface area contributed by atoms with E-state index in [0.717, 1.165) is 34.8 Å². The zero-order chi connectivity index (χ0) is 18.7. The standard InChI is InChI=1S/C21H24N2O2S/c1-14(11-17-9-10-26-13-17)22-21(24)20-12-15(2)23(16(20)3)18-5-7-19(25-4)8-6-18/h5-10,12-14H,11H2,1-4H3,(H,22,24). The van der Waals surface area contributed by atoms with Crippen LogP contribution in [0.4, 0.5) is 0 Å². The molecular weight excluding hydrogens is 344 g/mol. The number of benzene rings is 1. The van der Waals surface area contributed by atoms with Crippen LogP contribution in [0, 0.1) is 13.8 Å². The first-order valence-corrected chi connectivity index (χ1v) is 9.59. The molecule has 0 spiro atoms. The van der Waals surface area contributed by atoms with Crippen molar-refractivity contribution in [3.63, 3.8) is 0 Å². The number of amides is 1. The summed E-state index contributed by atoms with van der Waals surface area (Å²) in [7, 11) is 1.65. The minimum absolute atomic E-state index is 0.0272. The van der Waals surface area contributed by atoms with E-state index in [1.165, 1.54) is 5.56 Å². The van der Waals surface area contributed by atoms with E-state index in [1.54, 1.807) is 18.4 Å². The maximum atomic E-state index is 12.8. The van der Waals surface area contributed by atoms with Crippen molar-refractivity contribution in [1.82, 2.24) is 9.88 Å². The van der Waals surface area contributed by atoms with E-state index in [0.29, 0.717) is 0 Å². The normalized spacial score (nSPS) is 12.0. The Hall–Kier alpha value is -2.53.